The lowest BCUT2D eigenvalue weighted by Crippen LogP contribution is -2.45. The van der Waals surface area contributed by atoms with Gasteiger partial charge in [0.15, 0.2) is 8.68 Å². The second-order valence-electron chi connectivity index (χ2n) is 6.57. The maximum atomic E-state index is 12.4. The van der Waals surface area contributed by atoms with Crippen molar-refractivity contribution in [1.29, 1.82) is 0 Å². The molecule has 1 aromatic rings. The average Bonchev–Trinajstić information content (AvgIpc) is 2.38. The molecule has 0 amide bonds. The maximum Gasteiger partial charge on any atom is 0.252 e. The Kier molecular flexibility index (Phi) is 4.72. The van der Waals surface area contributed by atoms with Crippen LogP contribution in [0.4, 0.5) is 0 Å². The van der Waals surface area contributed by atoms with Crippen molar-refractivity contribution < 1.29 is 8.42 Å². The van der Waals surface area contributed by atoms with Crippen molar-refractivity contribution in [2.45, 2.75) is 57.7 Å². The Hall–Kier alpha value is -0.170. The highest BCUT2D eigenvalue weighted by atomic mass is 35.5. The molecule has 0 aromatic carbocycles. The number of sulfonamides is 1. The Labute approximate surface area is 124 Å². The molecule has 0 atom stereocenters. The lowest BCUT2D eigenvalue weighted by atomic mass is 9.82. The summed E-state index contributed by atoms with van der Waals surface area (Å²) in [5.41, 5.74) is -0.0547. The summed E-state index contributed by atoms with van der Waals surface area (Å²) in [7, 11) is -3.58. The van der Waals surface area contributed by atoms with Crippen LogP contribution in [0.1, 0.15) is 46.7 Å². The maximum absolute atomic E-state index is 12.4. The van der Waals surface area contributed by atoms with E-state index >= 15 is 0 Å². The van der Waals surface area contributed by atoms with E-state index in [1.807, 2.05) is 13.8 Å². The molecule has 0 fully saturated rings. The van der Waals surface area contributed by atoms with E-state index in [1.165, 1.54) is 0 Å². The van der Waals surface area contributed by atoms with Gasteiger partial charge in [0.1, 0.15) is 0 Å². The first kappa shape index (κ1) is 16.9. The number of aryl methyl sites for hydroxylation is 1. The third kappa shape index (κ3) is 5.02. The van der Waals surface area contributed by atoms with Gasteiger partial charge in [0.25, 0.3) is 10.0 Å². The van der Waals surface area contributed by atoms with Crippen molar-refractivity contribution >= 4 is 33.0 Å². The van der Waals surface area contributed by atoms with E-state index < -0.39 is 15.6 Å². The van der Waals surface area contributed by atoms with Crippen molar-refractivity contribution in [3.63, 3.8) is 0 Å². The molecule has 110 valence electrons. The smallest absolute Gasteiger partial charge is 0.229 e. The molecule has 7 heteroatoms. The molecule has 1 N–H and O–H groups in total. The van der Waals surface area contributed by atoms with Gasteiger partial charge < -0.3 is 0 Å². The van der Waals surface area contributed by atoms with Crippen LogP contribution in [-0.2, 0) is 10.0 Å². The summed E-state index contributed by atoms with van der Waals surface area (Å²) in [6.07, 6.45) is 0.727. The summed E-state index contributed by atoms with van der Waals surface area (Å²) in [6, 6.07) is 0. The Morgan fingerprint density at radius 1 is 1.26 bits per heavy atom. The molecule has 0 spiro atoms. The SMILES string of the molecule is Cc1nc(Cl)sc1S(=O)(=O)NC(C)(C)CC(C)(C)C. The van der Waals surface area contributed by atoms with Crippen molar-refractivity contribution in [2.75, 3.05) is 0 Å². The van der Waals surface area contributed by atoms with Crippen LogP contribution < -0.4 is 4.72 Å². The van der Waals surface area contributed by atoms with Crippen LogP contribution in [0, 0.1) is 12.3 Å². The highest BCUT2D eigenvalue weighted by Crippen LogP contribution is 2.31. The van der Waals surface area contributed by atoms with E-state index in [9.17, 15) is 8.42 Å². The zero-order valence-electron chi connectivity index (χ0n) is 12.2. The van der Waals surface area contributed by atoms with E-state index in [0.717, 1.165) is 17.8 Å². The molecule has 0 aliphatic heterocycles. The molecule has 1 heterocycles. The number of nitrogens with zero attached hydrogens (tertiary/aromatic N) is 1. The largest absolute Gasteiger partial charge is 0.252 e. The highest BCUT2D eigenvalue weighted by molar-refractivity contribution is 7.91. The molecule has 1 aromatic heterocycles. The summed E-state index contributed by atoms with van der Waals surface area (Å²) in [5, 5.41) is 0. The summed E-state index contributed by atoms with van der Waals surface area (Å²) in [4.78, 5) is 3.95. The molecule has 19 heavy (non-hydrogen) atoms. The van der Waals surface area contributed by atoms with Gasteiger partial charge in [-0.2, -0.15) is 0 Å². The van der Waals surface area contributed by atoms with Crippen LogP contribution in [0.25, 0.3) is 0 Å². The van der Waals surface area contributed by atoms with Crippen LogP contribution in [0.15, 0.2) is 4.21 Å². The third-order valence-electron chi connectivity index (χ3n) is 2.35. The van der Waals surface area contributed by atoms with Crippen LogP contribution >= 0.6 is 22.9 Å². The van der Waals surface area contributed by atoms with Gasteiger partial charge in [-0.3, -0.25) is 0 Å². The van der Waals surface area contributed by atoms with Crippen LogP contribution in [-0.4, -0.2) is 18.9 Å². The topological polar surface area (TPSA) is 59.1 Å². The number of thiazole rings is 1. The molecular weight excluding hydrogens is 304 g/mol. The summed E-state index contributed by atoms with van der Waals surface area (Å²) in [6.45, 7) is 11.7. The Morgan fingerprint density at radius 2 is 1.79 bits per heavy atom. The van der Waals surface area contributed by atoms with Crippen molar-refractivity contribution in [3.05, 3.63) is 10.2 Å². The van der Waals surface area contributed by atoms with Gasteiger partial charge in [-0.15, -0.1) is 0 Å². The van der Waals surface area contributed by atoms with Crippen LogP contribution in [0.2, 0.25) is 4.47 Å². The normalized spacial score (nSPS) is 13.8. The van der Waals surface area contributed by atoms with Crippen molar-refractivity contribution in [3.8, 4) is 0 Å². The number of nitrogens with one attached hydrogen (secondary N) is 1. The third-order valence-corrected chi connectivity index (χ3v) is 5.92. The average molecular weight is 325 g/mol. The van der Waals surface area contributed by atoms with Crippen LogP contribution in [0.5, 0.6) is 0 Å². The summed E-state index contributed by atoms with van der Waals surface area (Å²) < 4.78 is 27.9. The molecule has 4 nitrogen and oxygen atoms in total. The fraction of sp³-hybridized carbons (Fsp3) is 0.750. The number of hydrogen-bond donors (Lipinski definition) is 1. The Bertz CT molecular complexity index is 557. The lowest BCUT2D eigenvalue weighted by molar-refractivity contribution is 0.269. The second kappa shape index (κ2) is 5.31. The van der Waals surface area contributed by atoms with E-state index in [2.05, 4.69) is 30.5 Å². The standard InChI is InChI=1S/C12H21ClN2O2S2/c1-8-9(18-10(13)14-8)19(16,17)15-12(5,6)7-11(2,3)4/h15H,7H2,1-6H3. The first-order valence-electron chi connectivity index (χ1n) is 5.99. The predicted octanol–water partition coefficient (Wildman–Crippen LogP) is 3.60. The minimum absolute atomic E-state index is 0.0341. The van der Waals surface area contributed by atoms with Gasteiger partial charge in [0.05, 0.1) is 5.69 Å². The molecule has 0 saturated carbocycles. The number of halogens is 1. The minimum Gasteiger partial charge on any atom is -0.229 e. The number of aromatic nitrogens is 1. The molecule has 0 aliphatic carbocycles. The molecule has 0 bridgehead atoms. The molecule has 1 rings (SSSR count). The fourth-order valence-corrected chi connectivity index (χ4v) is 5.52. The van der Waals surface area contributed by atoms with Gasteiger partial charge in [0, 0.05) is 5.54 Å². The van der Waals surface area contributed by atoms with E-state index in [4.69, 9.17) is 11.6 Å². The van der Waals surface area contributed by atoms with Crippen LogP contribution in [0.3, 0.4) is 0 Å². The van der Waals surface area contributed by atoms with E-state index in [1.54, 1.807) is 6.92 Å². The quantitative estimate of drug-likeness (QED) is 0.920. The molecular formula is C12H21ClN2O2S2. The predicted molar refractivity (Wildman–Crippen MR) is 80.3 cm³/mol. The summed E-state index contributed by atoms with van der Waals surface area (Å²) in [5.74, 6) is 0. The van der Waals surface area contributed by atoms with Gasteiger partial charge in [-0.25, -0.2) is 18.1 Å². The first-order chi connectivity index (χ1) is 8.32. The second-order valence-corrected chi connectivity index (χ2v) is 10.0. The highest BCUT2D eigenvalue weighted by Gasteiger charge is 2.32. The Morgan fingerprint density at radius 3 is 2.16 bits per heavy atom. The summed E-state index contributed by atoms with van der Waals surface area (Å²) >= 11 is 6.75. The zero-order valence-corrected chi connectivity index (χ0v) is 14.6. The molecule has 0 radical (unpaired) electrons. The van der Waals surface area contributed by atoms with Crippen molar-refractivity contribution in [1.82, 2.24) is 9.71 Å². The van der Waals surface area contributed by atoms with E-state index in [0.29, 0.717) is 5.69 Å². The van der Waals surface area contributed by atoms with Gasteiger partial charge in [-0.05, 0) is 32.6 Å². The van der Waals surface area contributed by atoms with E-state index in [-0.39, 0.29) is 14.1 Å². The Balaban J connectivity index is 3.01. The van der Waals surface area contributed by atoms with Gasteiger partial charge >= 0.3 is 0 Å². The zero-order chi connectivity index (χ0) is 15.1. The fourth-order valence-electron chi connectivity index (χ4n) is 2.37. The minimum atomic E-state index is -3.58. The first-order valence-corrected chi connectivity index (χ1v) is 8.67. The van der Waals surface area contributed by atoms with Gasteiger partial charge in [-0.1, -0.05) is 43.7 Å². The lowest BCUT2D eigenvalue weighted by Gasteiger charge is -2.32. The monoisotopic (exact) mass is 324 g/mol. The molecule has 0 unspecified atom stereocenters. The molecule has 0 saturated heterocycles. The number of hydrogen-bond acceptors (Lipinski definition) is 4. The number of rotatable bonds is 4. The molecule has 0 aliphatic rings. The van der Waals surface area contributed by atoms with Gasteiger partial charge in [0.2, 0.25) is 0 Å². The van der Waals surface area contributed by atoms with Crippen molar-refractivity contribution in [2.24, 2.45) is 5.41 Å².